The van der Waals surface area contributed by atoms with E-state index >= 15 is 0 Å². The molecule has 3 aromatic carbocycles. The summed E-state index contributed by atoms with van der Waals surface area (Å²) in [5.74, 6) is 1.35. The summed E-state index contributed by atoms with van der Waals surface area (Å²) in [5, 5.41) is 14.0. The third-order valence-electron chi connectivity index (χ3n) is 5.82. The van der Waals surface area contributed by atoms with Crippen LogP contribution < -0.4 is 10.9 Å². The SMILES string of the molecule is O=c1c2ccccc2nc2n(/N=C/c3ccco3)c(Cc3ccccc3Nc3c(Cl)cccc3Cl)nn12. The second kappa shape index (κ2) is 9.57. The first-order valence-corrected chi connectivity index (χ1v) is 12.1. The van der Waals surface area contributed by atoms with Gasteiger partial charge in [0.15, 0.2) is 5.82 Å². The molecule has 1 N–H and O–H groups in total. The Morgan fingerprint density at radius 2 is 1.73 bits per heavy atom. The second-order valence-corrected chi connectivity index (χ2v) is 9.00. The number of nitrogens with one attached hydrogen (secondary N) is 1. The van der Waals surface area contributed by atoms with E-state index in [4.69, 9.17) is 27.6 Å². The molecule has 10 heteroatoms. The minimum absolute atomic E-state index is 0.275. The Hall–Kier alpha value is -4.40. The molecule has 3 aromatic heterocycles. The molecule has 0 aliphatic rings. The monoisotopic (exact) mass is 528 g/mol. The molecule has 3 heterocycles. The van der Waals surface area contributed by atoms with Crippen molar-refractivity contribution in [3.05, 3.63) is 123 Å². The number of hydrogen-bond acceptors (Lipinski definition) is 6. The molecule has 0 atom stereocenters. The van der Waals surface area contributed by atoms with Crippen molar-refractivity contribution < 1.29 is 4.42 Å². The van der Waals surface area contributed by atoms with E-state index in [1.54, 1.807) is 65.7 Å². The van der Waals surface area contributed by atoms with Crippen molar-refractivity contribution in [1.29, 1.82) is 0 Å². The molecule has 0 radical (unpaired) electrons. The first-order chi connectivity index (χ1) is 18.1. The van der Waals surface area contributed by atoms with E-state index in [9.17, 15) is 4.79 Å². The number of nitrogens with zero attached hydrogens (tertiary/aromatic N) is 5. The topological polar surface area (TPSA) is 89.7 Å². The zero-order valence-electron chi connectivity index (χ0n) is 19.2. The molecular formula is C27H18Cl2N6O2. The predicted octanol–water partition coefficient (Wildman–Crippen LogP) is 6.16. The quantitative estimate of drug-likeness (QED) is 0.261. The first kappa shape index (κ1) is 23.0. The summed E-state index contributed by atoms with van der Waals surface area (Å²) >= 11 is 12.8. The van der Waals surface area contributed by atoms with Gasteiger partial charge in [0.1, 0.15) is 5.76 Å². The molecule has 0 bridgehead atoms. The summed E-state index contributed by atoms with van der Waals surface area (Å²) in [5.41, 5.74) is 2.57. The number of anilines is 2. The molecule has 0 amide bonds. The lowest BCUT2D eigenvalue weighted by Crippen LogP contribution is -2.16. The van der Waals surface area contributed by atoms with Gasteiger partial charge in [-0.15, -0.1) is 5.10 Å². The summed E-state index contributed by atoms with van der Waals surface area (Å²) in [6.45, 7) is 0. The van der Waals surface area contributed by atoms with E-state index in [1.807, 2.05) is 30.3 Å². The normalized spacial score (nSPS) is 11.6. The van der Waals surface area contributed by atoms with Crippen LogP contribution in [0.25, 0.3) is 16.7 Å². The first-order valence-electron chi connectivity index (χ1n) is 11.3. The summed E-state index contributed by atoms with van der Waals surface area (Å²) in [4.78, 5) is 17.9. The summed E-state index contributed by atoms with van der Waals surface area (Å²) in [7, 11) is 0. The van der Waals surface area contributed by atoms with Gasteiger partial charge < -0.3 is 9.73 Å². The molecule has 8 nitrogen and oxygen atoms in total. The van der Waals surface area contributed by atoms with Gasteiger partial charge in [-0.25, -0.2) is 4.98 Å². The van der Waals surface area contributed by atoms with Crippen molar-refractivity contribution in [2.45, 2.75) is 6.42 Å². The Balaban J connectivity index is 1.49. The van der Waals surface area contributed by atoms with Gasteiger partial charge in [0.05, 0.1) is 39.1 Å². The zero-order chi connectivity index (χ0) is 25.4. The molecule has 0 aliphatic heterocycles. The molecule has 0 fully saturated rings. The number of hydrogen-bond donors (Lipinski definition) is 1. The van der Waals surface area contributed by atoms with Crippen LogP contribution in [0.3, 0.4) is 0 Å². The fourth-order valence-corrected chi connectivity index (χ4v) is 4.53. The third-order valence-corrected chi connectivity index (χ3v) is 6.45. The lowest BCUT2D eigenvalue weighted by atomic mass is 10.1. The van der Waals surface area contributed by atoms with Gasteiger partial charge in [0, 0.05) is 12.1 Å². The molecule has 6 aromatic rings. The molecular weight excluding hydrogens is 511 g/mol. The Bertz CT molecular complexity index is 1820. The molecule has 0 unspecified atom stereocenters. The largest absolute Gasteiger partial charge is 0.463 e. The Labute approximate surface area is 220 Å². The number of rotatable bonds is 6. The van der Waals surface area contributed by atoms with Gasteiger partial charge in [0.25, 0.3) is 11.3 Å². The van der Waals surface area contributed by atoms with E-state index in [0.717, 1.165) is 11.3 Å². The summed E-state index contributed by atoms with van der Waals surface area (Å²) < 4.78 is 8.22. The van der Waals surface area contributed by atoms with Gasteiger partial charge in [-0.1, -0.05) is 59.6 Å². The fourth-order valence-electron chi connectivity index (χ4n) is 4.04. The number of para-hydroxylation sites is 3. The molecule has 182 valence electrons. The molecule has 0 saturated heterocycles. The average molecular weight is 529 g/mol. The minimum atomic E-state index is -0.275. The van der Waals surface area contributed by atoms with Crippen LogP contribution in [0.5, 0.6) is 0 Å². The molecule has 0 spiro atoms. The third kappa shape index (κ3) is 4.37. The van der Waals surface area contributed by atoms with Gasteiger partial charge in [-0.2, -0.15) is 14.3 Å². The number of aromatic nitrogens is 4. The molecule has 0 saturated carbocycles. The van der Waals surface area contributed by atoms with E-state index < -0.39 is 0 Å². The fraction of sp³-hybridized carbons (Fsp3) is 0.0370. The van der Waals surface area contributed by atoms with Crippen LogP contribution in [0.4, 0.5) is 11.4 Å². The predicted molar refractivity (Wildman–Crippen MR) is 145 cm³/mol. The average Bonchev–Trinajstić information content (AvgIpc) is 3.54. The maximum Gasteiger partial charge on any atom is 0.283 e. The molecule has 6 rings (SSSR count). The smallest absolute Gasteiger partial charge is 0.283 e. The number of furan rings is 1. The van der Waals surface area contributed by atoms with Crippen molar-refractivity contribution >= 4 is 57.5 Å². The summed E-state index contributed by atoms with van der Waals surface area (Å²) in [6, 6.07) is 23.7. The lowest BCUT2D eigenvalue weighted by molar-refractivity contribution is 0.559. The van der Waals surface area contributed by atoms with Crippen LogP contribution in [0.15, 0.2) is 99.4 Å². The molecule has 37 heavy (non-hydrogen) atoms. The van der Waals surface area contributed by atoms with Gasteiger partial charge in [-0.05, 0) is 48.0 Å². The van der Waals surface area contributed by atoms with Crippen LogP contribution in [0.1, 0.15) is 17.1 Å². The van der Waals surface area contributed by atoms with E-state index in [0.29, 0.717) is 50.4 Å². The van der Waals surface area contributed by atoms with Crippen molar-refractivity contribution in [2.75, 3.05) is 5.32 Å². The van der Waals surface area contributed by atoms with Gasteiger partial charge in [-0.3, -0.25) is 4.79 Å². The van der Waals surface area contributed by atoms with Crippen molar-refractivity contribution in [3.8, 4) is 0 Å². The van der Waals surface area contributed by atoms with Crippen molar-refractivity contribution in [3.63, 3.8) is 0 Å². The Kier molecular flexibility index (Phi) is 5.96. The number of benzene rings is 3. The van der Waals surface area contributed by atoms with E-state index in [1.165, 1.54) is 4.52 Å². The van der Waals surface area contributed by atoms with Gasteiger partial charge >= 0.3 is 0 Å². The van der Waals surface area contributed by atoms with E-state index in [-0.39, 0.29) is 5.56 Å². The highest BCUT2D eigenvalue weighted by atomic mass is 35.5. The Morgan fingerprint density at radius 3 is 2.54 bits per heavy atom. The highest BCUT2D eigenvalue weighted by molar-refractivity contribution is 6.39. The maximum absolute atomic E-state index is 13.3. The minimum Gasteiger partial charge on any atom is -0.463 e. The van der Waals surface area contributed by atoms with E-state index in [2.05, 4.69) is 20.5 Å². The van der Waals surface area contributed by atoms with Crippen LogP contribution in [0.2, 0.25) is 10.0 Å². The van der Waals surface area contributed by atoms with Crippen LogP contribution in [0, 0.1) is 0 Å². The maximum atomic E-state index is 13.3. The van der Waals surface area contributed by atoms with Crippen LogP contribution in [-0.4, -0.2) is 25.5 Å². The lowest BCUT2D eigenvalue weighted by Gasteiger charge is -2.14. The highest BCUT2D eigenvalue weighted by Gasteiger charge is 2.18. The highest BCUT2D eigenvalue weighted by Crippen LogP contribution is 2.34. The molecule has 0 aliphatic carbocycles. The van der Waals surface area contributed by atoms with Crippen molar-refractivity contribution in [1.82, 2.24) is 19.3 Å². The van der Waals surface area contributed by atoms with Crippen LogP contribution in [-0.2, 0) is 6.42 Å². The Morgan fingerprint density at radius 1 is 0.946 bits per heavy atom. The number of fused-ring (bicyclic) bond motifs is 2. The van der Waals surface area contributed by atoms with Crippen molar-refractivity contribution in [2.24, 2.45) is 5.10 Å². The summed E-state index contributed by atoms with van der Waals surface area (Å²) in [6.07, 6.45) is 3.45. The standard InChI is InChI=1S/C27H18Cl2N6O2/c28-20-10-5-11-21(29)25(20)31-22-12-3-1-7-17(22)15-24-33-35-26(36)19-9-2-4-13-23(19)32-27(35)34(24)30-16-18-8-6-14-37-18/h1-14,16,31H,15H2/b30-16+. The zero-order valence-corrected chi connectivity index (χ0v) is 20.7. The van der Waals surface area contributed by atoms with Gasteiger partial charge in [0.2, 0.25) is 0 Å². The second-order valence-electron chi connectivity index (χ2n) is 8.19. The number of halogens is 2. The van der Waals surface area contributed by atoms with Crippen LogP contribution >= 0.6 is 23.2 Å².